The van der Waals surface area contributed by atoms with Crippen LogP contribution in [0.25, 0.3) is 53.9 Å². The Bertz CT molecular complexity index is 4630. The molecule has 1 amide bonds. The van der Waals surface area contributed by atoms with Crippen LogP contribution in [0.3, 0.4) is 0 Å². The Kier molecular flexibility index (Phi) is 23.6. The number of ether oxygens (including phenoxy) is 1. The number of benzene rings is 14. The van der Waals surface area contributed by atoms with Gasteiger partial charge in [0.05, 0.1) is 5.56 Å². The van der Waals surface area contributed by atoms with Crippen molar-refractivity contribution in [2.75, 3.05) is 28.3 Å². The van der Waals surface area contributed by atoms with Gasteiger partial charge in [-0.3, -0.25) is 10.2 Å². The summed E-state index contributed by atoms with van der Waals surface area (Å²) in [6.45, 7) is 16.3. The van der Waals surface area contributed by atoms with E-state index < -0.39 is 17.2 Å². The predicted octanol–water partition coefficient (Wildman–Crippen LogP) is 22.6. The van der Waals surface area contributed by atoms with Gasteiger partial charge in [0.25, 0.3) is 0 Å². The molecule has 10 N–H and O–H groups in total. The van der Waals surface area contributed by atoms with E-state index in [1.165, 1.54) is 89.1 Å². The molecule has 14 aromatic carbocycles. The molecule has 506 valence electrons. The van der Waals surface area contributed by atoms with Gasteiger partial charge in [0.2, 0.25) is 5.91 Å². The second-order valence-electron chi connectivity index (χ2n) is 26.3. The molecule has 0 aromatic heterocycles. The summed E-state index contributed by atoms with van der Waals surface area (Å²) < 4.78 is 43.9. The van der Waals surface area contributed by atoms with Gasteiger partial charge in [-0.15, -0.1) is 0 Å². The van der Waals surface area contributed by atoms with Crippen LogP contribution in [0.15, 0.2) is 303 Å². The molecule has 0 heterocycles. The minimum absolute atomic E-state index is 0.0697. The summed E-state index contributed by atoms with van der Waals surface area (Å²) in [4.78, 5) is 11.1. The minimum atomic E-state index is -4.41. The average molecular weight is 1330 g/mol. The maximum atomic E-state index is 13.0. The van der Waals surface area contributed by atoms with Gasteiger partial charge in [0.15, 0.2) is 6.40 Å². The minimum Gasteiger partial charge on any atom is -0.479 e. The number of carbonyl (C=O) groups excluding carboxylic acids is 1. The zero-order valence-electron chi connectivity index (χ0n) is 57.9. The summed E-state index contributed by atoms with van der Waals surface area (Å²) >= 11 is 0. The van der Waals surface area contributed by atoms with E-state index in [2.05, 4.69) is 239 Å². The van der Waals surface area contributed by atoms with E-state index in [9.17, 15) is 18.0 Å². The van der Waals surface area contributed by atoms with Crippen LogP contribution in [0.4, 0.5) is 41.6 Å². The van der Waals surface area contributed by atoms with Crippen LogP contribution in [0, 0.1) is 12.3 Å². The highest BCUT2D eigenvalue weighted by atomic mass is 19.4. The molecule has 0 atom stereocenters. The number of fused-ring (bicyclic) bond motifs is 5. The Morgan fingerprint density at radius 2 is 0.700 bits per heavy atom. The predicted molar refractivity (Wildman–Crippen MR) is 417 cm³/mol. The molecule has 8 nitrogen and oxygen atoms in total. The number of nitrogen functional groups attached to an aromatic ring is 4. The summed E-state index contributed by atoms with van der Waals surface area (Å²) in [7, 11) is 0. The first-order chi connectivity index (χ1) is 47.8. The van der Waals surface area contributed by atoms with Crippen LogP contribution in [-0.4, -0.2) is 12.3 Å². The lowest BCUT2D eigenvalue weighted by molar-refractivity contribution is -0.137. The Balaban J connectivity index is 0.000000145. The van der Waals surface area contributed by atoms with Crippen LogP contribution < -0.4 is 28.3 Å². The zero-order valence-corrected chi connectivity index (χ0v) is 57.9. The third kappa shape index (κ3) is 18.9. The van der Waals surface area contributed by atoms with Gasteiger partial charge >= 0.3 is 6.18 Å². The number of carbonyl (C=O) groups is 1. The van der Waals surface area contributed by atoms with Gasteiger partial charge < -0.3 is 33.0 Å². The highest BCUT2D eigenvalue weighted by Gasteiger charge is 2.35. The molecule has 0 saturated carbocycles. The second-order valence-corrected chi connectivity index (χ2v) is 26.3. The van der Waals surface area contributed by atoms with Gasteiger partial charge in [-0.1, -0.05) is 290 Å². The number of aryl methyl sites for hydroxylation is 1. The number of nitrogens with one attached hydrogen (secondary N) is 2. The Labute approximate surface area is 585 Å². The molecule has 0 aliphatic carbocycles. The fraction of sp³-hybridized carbons (Fsp3) is 0.146. The maximum absolute atomic E-state index is 13.0. The van der Waals surface area contributed by atoms with Crippen LogP contribution in [0.5, 0.6) is 0 Å². The lowest BCUT2D eigenvalue weighted by Crippen LogP contribution is -2.23. The number of hydrogen-bond acceptors (Lipinski definition) is 7. The van der Waals surface area contributed by atoms with Crippen molar-refractivity contribution in [2.45, 2.75) is 84.4 Å². The molecule has 14 aromatic rings. The Morgan fingerprint density at radius 3 is 1.07 bits per heavy atom. The fourth-order valence-corrected chi connectivity index (χ4v) is 12.0. The number of halogens is 3. The summed E-state index contributed by atoms with van der Waals surface area (Å²) in [5, 5.41) is 22.3. The number of anilines is 5. The van der Waals surface area contributed by atoms with Crippen molar-refractivity contribution < 1.29 is 22.7 Å². The molecular formula is C89H87F3N6O2. The molecule has 11 heteroatoms. The van der Waals surface area contributed by atoms with E-state index in [4.69, 9.17) is 33.1 Å². The van der Waals surface area contributed by atoms with Gasteiger partial charge in [0, 0.05) is 51.6 Å². The number of nitrogens with two attached hydrogens (primary N) is 4. The summed E-state index contributed by atoms with van der Waals surface area (Å²) in [6.07, 6.45) is -3.45. The fourth-order valence-electron chi connectivity index (χ4n) is 12.0. The molecular weight excluding hydrogens is 1240 g/mol. The second kappa shape index (κ2) is 32.6. The van der Waals surface area contributed by atoms with Crippen molar-refractivity contribution >= 4 is 94.6 Å². The Morgan fingerprint density at radius 1 is 0.380 bits per heavy atom. The van der Waals surface area contributed by atoms with Crippen LogP contribution in [0.2, 0.25) is 0 Å². The standard InChI is InChI=1S/C23H22N2.C19H22N2O2.C17H19F3N2.3C10H8/c1-23(2,19-7-3-17-13-21(24)9-5-15(17)11-19)20-8-4-18-14-22(25)10-6-16(18)12-20;1-14(22)21-18-10-8-17(9-11-18)19(2,3)16-6-4-15(5-7-16)12-23-13-20;1-10-4-6-14(21)12(8-10)16(2,3)13-9-11(17(18,19)20)5-7-15(13)22;3*1-2-6-10-8-4-3-7-9(10)5-1/h3-14H,24-25H2,1-2H3;4-11,13,20H,12H2,1-3H3,(H,21,22);4-9H,21-22H2,1-3H3;3*1-8H. The third-order valence-electron chi connectivity index (χ3n) is 18.0. The first kappa shape index (κ1) is 72.6. The van der Waals surface area contributed by atoms with E-state index in [1.54, 1.807) is 6.07 Å². The smallest absolute Gasteiger partial charge is 0.416 e. The lowest BCUT2D eigenvalue weighted by Gasteiger charge is -2.30. The van der Waals surface area contributed by atoms with Crippen molar-refractivity contribution in [2.24, 2.45) is 0 Å². The SMILES string of the molecule is CC(=O)Nc1ccc(C(C)(C)c2ccc(COC=N)cc2)cc1.CC(C)(c1ccc2cc(N)ccc2c1)c1ccc2cc(N)ccc2c1.Cc1ccc(N)c(C(C)(C)c2cc(C(F)(F)F)ccc2N)c1.c1ccc2ccccc2c1.c1ccc2ccccc2c1.c1ccc2ccccc2c1. The Hall–Kier alpha value is -11.7. The van der Waals surface area contributed by atoms with E-state index in [0.29, 0.717) is 23.5 Å². The monoisotopic (exact) mass is 1330 g/mol. The lowest BCUT2D eigenvalue weighted by atomic mass is 9.75. The van der Waals surface area contributed by atoms with Crippen LogP contribution in [0.1, 0.15) is 98.5 Å². The molecule has 0 bridgehead atoms. The number of alkyl halides is 3. The van der Waals surface area contributed by atoms with Gasteiger partial charge in [-0.05, 0) is 160 Å². The molecule has 100 heavy (non-hydrogen) atoms. The van der Waals surface area contributed by atoms with E-state index >= 15 is 0 Å². The quantitative estimate of drug-likeness (QED) is 0.0453. The molecule has 0 unspecified atom stereocenters. The van der Waals surface area contributed by atoms with Crippen molar-refractivity contribution in [1.82, 2.24) is 0 Å². The normalized spacial score (nSPS) is 11.2. The van der Waals surface area contributed by atoms with Gasteiger partial charge in [-0.2, -0.15) is 13.2 Å². The summed E-state index contributed by atoms with van der Waals surface area (Å²) in [5.74, 6) is -0.0697. The number of rotatable bonds is 10. The van der Waals surface area contributed by atoms with Crippen LogP contribution in [-0.2, 0) is 38.6 Å². The van der Waals surface area contributed by atoms with Crippen molar-refractivity contribution in [3.63, 3.8) is 0 Å². The average Bonchev–Trinajstić information content (AvgIpc) is 0.781. The zero-order chi connectivity index (χ0) is 71.6. The molecule has 14 rings (SSSR count). The molecule has 0 aliphatic rings. The van der Waals surface area contributed by atoms with Crippen molar-refractivity contribution in [3.05, 3.63) is 353 Å². The van der Waals surface area contributed by atoms with Crippen molar-refractivity contribution in [3.8, 4) is 0 Å². The first-order valence-corrected chi connectivity index (χ1v) is 33.1. The van der Waals surface area contributed by atoms with Gasteiger partial charge in [-0.25, -0.2) is 0 Å². The van der Waals surface area contributed by atoms with Crippen LogP contribution >= 0.6 is 0 Å². The molecule has 0 spiro atoms. The molecule has 0 saturated heterocycles. The van der Waals surface area contributed by atoms with Gasteiger partial charge in [0.1, 0.15) is 6.61 Å². The van der Waals surface area contributed by atoms with E-state index in [1.807, 2.05) is 93.6 Å². The third-order valence-corrected chi connectivity index (χ3v) is 18.0. The van der Waals surface area contributed by atoms with Crippen molar-refractivity contribution in [1.29, 1.82) is 5.41 Å². The first-order valence-electron chi connectivity index (χ1n) is 33.1. The summed E-state index contributed by atoms with van der Waals surface area (Å²) in [6, 6.07) is 101. The number of hydrogen-bond donors (Lipinski definition) is 6. The van der Waals surface area contributed by atoms with E-state index in [-0.39, 0.29) is 16.7 Å². The maximum Gasteiger partial charge on any atom is 0.416 e. The van der Waals surface area contributed by atoms with E-state index in [0.717, 1.165) is 52.3 Å². The number of amides is 1. The topological polar surface area (TPSA) is 166 Å². The summed E-state index contributed by atoms with van der Waals surface area (Å²) in [5.41, 5.74) is 33.5. The highest BCUT2D eigenvalue weighted by molar-refractivity contribution is 5.90. The molecule has 0 aliphatic heterocycles. The molecule has 0 radical (unpaired) electrons. The largest absolute Gasteiger partial charge is 0.479 e. The highest BCUT2D eigenvalue weighted by Crippen LogP contribution is 2.42. The molecule has 0 fully saturated rings.